The second-order valence-electron chi connectivity index (χ2n) is 11.0. The topological polar surface area (TPSA) is 8.17 Å². The second kappa shape index (κ2) is 9.59. The minimum Gasteiger partial charge on any atom is -0.309 e. The molecule has 0 aliphatic carbocycles. The maximum Gasteiger partial charge on any atom is 0.0640 e. The summed E-state index contributed by atoms with van der Waals surface area (Å²) >= 11 is 1.88. The molecule has 0 saturated carbocycles. The maximum absolute atomic E-state index is 2.42. The van der Waals surface area contributed by atoms with Crippen LogP contribution < -0.4 is 4.90 Å². The van der Waals surface area contributed by atoms with Crippen LogP contribution in [0.15, 0.2) is 158 Å². The fourth-order valence-electron chi connectivity index (χ4n) is 6.68. The molecular formula is C40H26N2S. The number of benzene rings is 7. The molecule has 0 saturated heterocycles. The highest BCUT2D eigenvalue weighted by Gasteiger charge is 2.20. The van der Waals surface area contributed by atoms with Crippen molar-refractivity contribution in [1.29, 1.82) is 0 Å². The van der Waals surface area contributed by atoms with E-state index in [9.17, 15) is 0 Å². The smallest absolute Gasteiger partial charge is 0.0640 e. The van der Waals surface area contributed by atoms with Crippen LogP contribution in [0.1, 0.15) is 0 Å². The Morgan fingerprint density at radius 3 is 1.84 bits per heavy atom. The number of rotatable bonds is 4. The van der Waals surface area contributed by atoms with Gasteiger partial charge < -0.3 is 9.47 Å². The average molecular weight is 567 g/mol. The Hall–Kier alpha value is -5.38. The van der Waals surface area contributed by atoms with Crippen LogP contribution in [0.3, 0.4) is 0 Å². The third-order valence-electron chi connectivity index (χ3n) is 8.56. The zero-order valence-corrected chi connectivity index (χ0v) is 24.1. The van der Waals surface area contributed by atoms with E-state index in [-0.39, 0.29) is 0 Å². The molecule has 9 rings (SSSR count). The van der Waals surface area contributed by atoms with Gasteiger partial charge in [0.1, 0.15) is 0 Å². The van der Waals surface area contributed by atoms with Gasteiger partial charge in [-0.1, -0.05) is 109 Å². The Balaban J connectivity index is 1.30. The van der Waals surface area contributed by atoms with Crippen LogP contribution in [-0.2, 0) is 0 Å². The van der Waals surface area contributed by atoms with Gasteiger partial charge in [0, 0.05) is 43.0 Å². The lowest BCUT2D eigenvalue weighted by molar-refractivity contribution is 1.19. The molecule has 0 aliphatic heterocycles. The van der Waals surface area contributed by atoms with Crippen LogP contribution in [0.2, 0.25) is 0 Å². The highest BCUT2D eigenvalue weighted by atomic mass is 32.1. The van der Waals surface area contributed by atoms with Gasteiger partial charge in [0.2, 0.25) is 0 Å². The molecule has 0 radical (unpaired) electrons. The zero-order chi connectivity index (χ0) is 28.3. The van der Waals surface area contributed by atoms with Gasteiger partial charge in [-0.05, 0) is 53.9 Å². The maximum atomic E-state index is 2.42. The monoisotopic (exact) mass is 566 g/mol. The van der Waals surface area contributed by atoms with Gasteiger partial charge in [-0.2, -0.15) is 0 Å². The number of aromatic nitrogens is 1. The van der Waals surface area contributed by atoms with Crippen LogP contribution in [0.5, 0.6) is 0 Å². The molecule has 0 spiro atoms. The Morgan fingerprint density at radius 2 is 1.05 bits per heavy atom. The van der Waals surface area contributed by atoms with E-state index in [2.05, 4.69) is 167 Å². The number of hydrogen-bond donors (Lipinski definition) is 0. The molecule has 0 bridgehead atoms. The van der Waals surface area contributed by atoms with Gasteiger partial charge in [-0.25, -0.2) is 0 Å². The molecular weight excluding hydrogens is 541 g/mol. The van der Waals surface area contributed by atoms with Crippen LogP contribution in [0, 0.1) is 0 Å². The lowest BCUT2D eigenvalue weighted by Gasteiger charge is -2.27. The van der Waals surface area contributed by atoms with Crippen molar-refractivity contribution >= 4 is 81.1 Å². The first-order valence-corrected chi connectivity index (χ1v) is 15.4. The van der Waals surface area contributed by atoms with Crippen molar-refractivity contribution in [3.63, 3.8) is 0 Å². The SMILES string of the molecule is c1ccc(N(c2cccc3ccccc23)c2cccc3c2sc2cc(-n4c5ccccc5c5ccccc54)ccc23)cc1. The summed E-state index contributed by atoms with van der Waals surface area (Å²) in [5.41, 5.74) is 7.17. The summed E-state index contributed by atoms with van der Waals surface area (Å²) in [4.78, 5) is 2.42. The van der Waals surface area contributed by atoms with E-state index in [1.807, 2.05) is 11.3 Å². The molecule has 2 aromatic heterocycles. The third-order valence-corrected chi connectivity index (χ3v) is 9.75. The van der Waals surface area contributed by atoms with E-state index >= 15 is 0 Å². The molecule has 0 atom stereocenters. The van der Waals surface area contributed by atoms with Gasteiger partial charge in [0.15, 0.2) is 0 Å². The lowest BCUT2D eigenvalue weighted by Crippen LogP contribution is -2.10. The summed E-state index contributed by atoms with van der Waals surface area (Å²) < 4.78 is 4.98. The number of para-hydroxylation sites is 3. The van der Waals surface area contributed by atoms with Gasteiger partial charge in [-0.3, -0.25) is 0 Å². The van der Waals surface area contributed by atoms with Crippen molar-refractivity contribution in [2.75, 3.05) is 4.90 Å². The normalized spacial score (nSPS) is 11.7. The van der Waals surface area contributed by atoms with Crippen molar-refractivity contribution < 1.29 is 0 Å². The lowest BCUT2D eigenvalue weighted by atomic mass is 10.1. The van der Waals surface area contributed by atoms with Crippen molar-refractivity contribution in [3.05, 3.63) is 158 Å². The minimum atomic E-state index is 1.15. The highest BCUT2D eigenvalue weighted by molar-refractivity contribution is 7.26. The van der Waals surface area contributed by atoms with Crippen molar-refractivity contribution in [3.8, 4) is 5.69 Å². The van der Waals surface area contributed by atoms with E-state index in [0.29, 0.717) is 0 Å². The average Bonchev–Trinajstić information content (AvgIpc) is 3.61. The summed E-state index contributed by atoms with van der Waals surface area (Å²) in [6, 6.07) is 57.1. The quantitative estimate of drug-likeness (QED) is 0.206. The number of hydrogen-bond acceptors (Lipinski definition) is 2. The zero-order valence-electron chi connectivity index (χ0n) is 23.3. The molecule has 2 nitrogen and oxygen atoms in total. The Labute approximate surface area is 253 Å². The number of thiophene rings is 1. The fourth-order valence-corrected chi connectivity index (χ4v) is 7.92. The summed E-state index contributed by atoms with van der Waals surface area (Å²) in [5.74, 6) is 0. The van der Waals surface area contributed by atoms with E-state index in [1.165, 1.54) is 69.8 Å². The van der Waals surface area contributed by atoms with Gasteiger partial charge in [0.05, 0.1) is 27.1 Å². The molecule has 0 N–H and O–H groups in total. The van der Waals surface area contributed by atoms with Gasteiger partial charge >= 0.3 is 0 Å². The molecule has 0 unspecified atom stereocenters. The van der Waals surface area contributed by atoms with Crippen LogP contribution in [0.25, 0.3) is 58.4 Å². The number of fused-ring (bicyclic) bond motifs is 7. The first-order valence-electron chi connectivity index (χ1n) is 14.6. The number of anilines is 3. The Morgan fingerprint density at radius 1 is 0.442 bits per heavy atom. The van der Waals surface area contributed by atoms with E-state index in [0.717, 1.165) is 5.69 Å². The fraction of sp³-hybridized carbons (Fsp3) is 0. The molecule has 0 fully saturated rings. The highest BCUT2D eigenvalue weighted by Crippen LogP contribution is 2.46. The van der Waals surface area contributed by atoms with Gasteiger partial charge in [-0.15, -0.1) is 11.3 Å². The second-order valence-corrected chi connectivity index (χ2v) is 12.0. The van der Waals surface area contributed by atoms with Crippen LogP contribution >= 0.6 is 11.3 Å². The van der Waals surface area contributed by atoms with Crippen molar-refractivity contribution in [2.24, 2.45) is 0 Å². The molecule has 0 amide bonds. The summed E-state index contributed by atoms with van der Waals surface area (Å²) in [6.45, 7) is 0. The summed E-state index contributed by atoms with van der Waals surface area (Å²) in [7, 11) is 0. The Kier molecular flexibility index (Phi) is 5.40. The van der Waals surface area contributed by atoms with Gasteiger partial charge in [0.25, 0.3) is 0 Å². The van der Waals surface area contributed by atoms with Crippen molar-refractivity contribution in [2.45, 2.75) is 0 Å². The van der Waals surface area contributed by atoms with E-state index in [1.54, 1.807) is 0 Å². The molecule has 202 valence electrons. The standard InChI is InChI=1S/C40H26N2S/c1-2-14-28(15-3-1)41(35-22-10-13-27-12-4-5-16-30(27)35)38-23-11-19-34-33-25-24-29(26-39(33)43-40(34)38)42-36-20-8-6-17-31(36)32-18-7-9-21-37(32)42/h1-26H. The van der Waals surface area contributed by atoms with E-state index in [4.69, 9.17) is 0 Å². The predicted molar refractivity (Wildman–Crippen MR) is 186 cm³/mol. The van der Waals surface area contributed by atoms with Crippen LogP contribution in [-0.4, -0.2) is 4.57 Å². The molecule has 3 heteroatoms. The molecule has 0 aliphatic rings. The molecule has 7 aromatic carbocycles. The number of nitrogens with zero attached hydrogens (tertiary/aromatic N) is 2. The molecule has 9 aromatic rings. The predicted octanol–water partition coefficient (Wildman–Crippen LogP) is 11.8. The molecule has 2 heterocycles. The van der Waals surface area contributed by atoms with E-state index < -0.39 is 0 Å². The Bertz CT molecular complexity index is 2410. The van der Waals surface area contributed by atoms with Crippen LogP contribution in [0.4, 0.5) is 17.1 Å². The first kappa shape index (κ1) is 24.2. The van der Waals surface area contributed by atoms with Crippen molar-refractivity contribution in [1.82, 2.24) is 4.57 Å². The first-order chi connectivity index (χ1) is 21.3. The largest absolute Gasteiger partial charge is 0.309 e. The molecule has 43 heavy (non-hydrogen) atoms. The summed E-state index contributed by atoms with van der Waals surface area (Å²) in [5, 5.41) is 7.61. The third kappa shape index (κ3) is 3.72. The minimum absolute atomic E-state index is 1.15. The summed E-state index contributed by atoms with van der Waals surface area (Å²) in [6.07, 6.45) is 0.